The van der Waals surface area contributed by atoms with Crippen LogP contribution in [-0.4, -0.2) is 55.8 Å². The maximum Gasteiger partial charge on any atom is 0.261 e. The van der Waals surface area contributed by atoms with Crippen molar-refractivity contribution in [3.63, 3.8) is 0 Å². The Morgan fingerprint density at radius 3 is 2.53 bits per heavy atom. The molecular weight excluding hydrogens is 242 g/mol. The summed E-state index contributed by atoms with van der Waals surface area (Å²) in [6.07, 6.45) is 1.02. The first kappa shape index (κ1) is 13.5. The van der Waals surface area contributed by atoms with Crippen molar-refractivity contribution in [2.75, 3.05) is 39.5 Å². The number of rotatable bonds is 5. The molecule has 5 heteroatoms. The number of amides is 2. The average Bonchev–Trinajstić information content (AvgIpc) is 2.60. The number of nitrogens with zero attached hydrogens (tertiary/aromatic N) is 2. The van der Waals surface area contributed by atoms with Gasteiger partial charge in [-0.15, -0.1) is 0 Å². The molecule has 0 aromatic heterocycles. The van der Waals surface area contributed by atoms with Crippen LogP contribution in [0.5, 0.6) is 0 Å². The highest BCUT2D eigenvalue weighted by molar-refractivity contribution is 6.21. The summed E-state index contributed by atoms with van der Waals surface area (Å²) in [5.41, 5.74) is 1.87. The highest BCUT2D eigenvalue weighted by atomic mass is 16.2. The van der Waals surface area contributed by atoms with Gasteiger partial charge in [0, 0.05) is 19.3 Å². The lowest BCUT2D eigenvalue weighted by atomic mass is 10.1. The van der Waals surface area contributed by atoms with E-state index < -0.39 is 0 Å². The summed E-state index contributed by atoms with van der Waals surface area (Å²) >= 11 is 0. The van der Waals surface area contributed by atoms with Crippen LogP contribution in [0.3, 0.4) is 0 Å². The van der Waals surface area contributed by atoms with Crippen molar-refractivity contribution in [3.05, 3.63) is 29.3 Å². The lowest BCUT2D eigenvalue weighted by Gasteiger charge is -2.11. The van der Waals surface area contributed by atoms with Crippen LogP contribution in [0.2, 0.25) is 0 Å². The van der Waals surface area contributed by atoms with Gasteiger partial charge in [0.25, 0.3) is 11.8 Å². The molecule has 0 unspecified atom stereocenters. The molecule has 0 saturated heterocycles. The molecular formula is C14H19N3O2. The first-order valence-electron chi connectivity index (χ1n) is 6.35. The normalized spacial score (nSPS) is 14.2. The Labute approximate surface area is 113 Å². The van der Waals surface area contributed by atoms with Crippen molar-refractivity contribution in [1.82, 2.24) is 9.80 Å². The molecule has 0 bridgehead atoms. The molecule has 0 atom stereocenters. The van der Waals surface area contributed by atoms with E-state index in [9.17, 15) is 9.59 Å². The van der Waals surface area contributed by atoms with Crippen LogP contribution >= 0.6 is 0 Å². The molecule has 2 amide bonds. The van der Waals surface area contributed by atoms with E-state index in [0.29, 0.717) is 11.1 Å². The molecule has 0 saturated carbocycles. The molecule has 1 aliphatic heterocycles. The third kappa shape index (κ3) is 2.76. The molecule has 0 radical (unpaired) electrons. The predicted molar refractivity (Wildman–Crippen MR) is 74.5 cm³/mol. The van der Waals surface area contributed by atoms with E-state index in [-0.39, 0.29) is 11.8 Å². The second-order valence-electron chi connectivity index (χ2n) is 5.01. The van der Waals surface area contributed by atoms with Crippen LogP contribution < -0.4 is 5.32 Å². The first-order valence-corrected chi connectivity index (χ1v) is 6.35. The maximum atomic E-state index is 11.8. The fraction of sp³-hybridized carbons (Fsp3) is 0.429. The standard InChI is InChI=1S/C14H19N3O2/c1-16(2)8-4-7-15-10-5-6-11-12(9-10)14(19)17(3)13(11)18/h5-6,9,15H,4,7-8H2,1-3H3. The smallest absolute Gasteiger partial charge is 0.261 e. The SMILES string of the molecule is CN(C)CCCNc1ccc2c(c1)C(=O)N(C)C2=O. The summed E-state index contributed by atoms with van der Waals surface area (Å²) in [5.74, 6) is -0.448. The molecule has 19 heavy (non-hydrogen) atoms. The molecule has 1 aromatic carbocycles. The lowest BCUT2D eigenvalue weighted by Crippen LogP contribution is -2.24. The fourth-order valence-electron chi connectivity index (χ4n) is 2.10. The lowest BCUT2D eigenvalue weighted by molar-refractivity contribution is 0.0693. The van der Waals surface area contributed by atoms with Crippen LogP contribution in [-0.2, 0) is 0 Å². The number of fused-ring (bicyclic) bond motifs is 1. The van der Waals surface area contributed by atoms with Crippen LogP contribution in [0, 0.1) is 0 Å². The highest BCUT2D eigenvalue weighted by Crippen LogP contribution is 2.24. The summed E-state index contributed by atoms with van der Waals surface area (Å²) in [6, 6.07) is 5.32. The van der Waals surface area contributed by atoms with E-state index in [4.69, 9.17) is 0 Å². The molecule has 1 N–H and O–H groups in total. The molecule has 5 nitrogen and oxygen atoms in total. The predicted octanol–water partition coefficient (Wildman–Crippen LogP) is 1.28. The maximum absolute atomic E-state index is 11.8. The zero-order valence-corrected chi connectivity index (χ0v) is 11.6. The number of anilines is 1. The number of hydrogen-bond acceptors (Lipinski definition) is 4. The van der Waals surface area contributed by atoms with Gasteiger partial charge in [0.2, 0.25) is 0 Å². The van der Waals surface area contributed by atoms with E-state index in [0.717, 1.165) is 30.1 Å². The van der Waals surface area contributed by atoms with Gasteiger partial charge in [-0.3, -0.25) is 14.5 Å². The molecule has 1 aliphatic rings. The molecule has 0 spiro atoms. The number of carbonyl (C=O) groups excluding carboxylic acids is 2. The molecule has 0 aliphatic carbocycles. The summed E-state index contributed by atoms with van der Waals surface area (Å²) in [6.45, 7) is 1.85. The number of imide groups is 1. The van der Waals surface area contributed by atoms with E-state index in [1.807, 2.05) is 20.2 Å². The Hall–Kier alpha value is -1.88. The fourth-order valence-corrected chi connectivity index (χ4v) is 2.10. The van der Waals surface area contributed by atoms with Gasteiger partial charge in [-0.05, 0) is 45.3 Å². The van der Waals surface area contributed by atoms with Crippen LogP contribution in [0.25, 0.3) is 0 Å². The van der Waals surface area contributed by atoms with Crippen molar-refractivity contribution in [1.29, 1.82) is 0 Å². The Kier molecular flexibility index (Phi) is 3.85. The highest BCUT2D eigenvalue weighted by Gasteiger charge is 2.32. The van der Waals surface area contributed by atoms with E-state index in [2.05, 4.69) is 10.2 Å². The van der Waals surface area contributed by atoms with Gasteiger partial charge in [0.05, 0.1) is 11.1 Å². The molecule has 2 rings (SSSR count). The zero-order chi connectivity index (χ0) is 14.0. The minimum atomic E-state index is -0.225. The summed E-state index contributed by atoms with van der Waals surface area (Å²) in [7, 11) is 5.58. The van der Waals surface area contributed by atoms with Gasteiger partial charge >= 0.3 is 0 Å². The third-order valence-corrected chi connectivity index (χ3v) is 3.20. The van der Waals surface area contributed by atoms with Gasteiger partial charge in [-0.25, -0.2) is 0 Å². The van der Waals surface area contributed by atoms with Gasteiger partial charge in [-0.2, -0.15) is 0 Å². The van der Waals surface area contributed by atoms with Crippen molar-refractivity contribution in [2.45, 2.75) is 6.42 Å². The van der Waals surface area contributed by atoms with Crippen molar-refractivity contribution < 1.29 is 9.59 Å². The number of benzene rings is 1. The van der Waals surface area contributed by atoms with Gasteiger partial charge in [-0.1, -0.05) is 0 Å². The van der Waals surface area contributed by atoms with Crippen molar-refractivity contribution >= 4 is 17.5 Å². The third-order valence-electron chi connectivity index (χ3n) is 3.20. The largest absolute Gasteiger partial charge is 0.385 e. The number of carbonyl (C=O) groups is 2. The zero-order valence-electron chi connectivity index (χ0n) is 11.6. The minimum absolute atomic E-state index is 0.223. The minimum Gasteiger partial charge on any atom is -0.385 e. The molecule has 102 valence electrons. The van der Waals surface area contributed by atoms with Crippen LogP contribution in [0.15, 0.2) is 18.2 Å². The Morgan fingerprint density at radius 2 is 1.84 bits per heavy atom. The van der Waals surface area contributed by atoms with E-state index >= 15 is 0 Å². The number of hydrogen-bond donors (Lipinski definition) is 1. The summed E-state index contributed by atoms with van der Waals surface area (Å²) < 4.78 is 0. The second-order valence-corrected chi connectivity index (χ2v) is 5.01. The van der Waals surface area contributed by atoms with Gasteiger partial charge in [0.15, 0.2) is 0 Å². The Bertz CT molecular complexity index is 511. The summed E-state index contributed by atoms with van der Waals surface area (Å²) in [5, 5.41) is 3.27. The monoisotopic (exact) mass is 261 g/mol. The first-order chi connectivity index (χ1) is 9.00. The Morgan fingerprint density at radius 1 is 1.16 bits per heavy atom. The van der Waals surface area contributed by atoms with Gasteiger partial charge in [0.1, 0.15) is 0 Å². The molecule has 0 fully saturated rings. The van der Waals surface area contributed by atoms with E-state index in [1.54, 1.807) is 12.1 Å². The van der Waals surface area contributed by atoms with Crippen LogP contribution in [0.4, 0.5) is 5.69 Å². The van der Waals surface area contributed by atoms with Crippen molar-refractivity contribution in [3.8, 4) is 0 Å². The second kappa shape index (κ2) is 5.40. The number of nitrogens with one attached hydrogen (secondary N) is 1. The topological polar surface area (TPSA) is 52.7 Å². The van der Waals surface area contributed by atoms with Gasteiger partial charge < -0.3 is 10.2 Å². The molecule has 1 heterocycles. The van der Waals surface area contributed by atoms with Crippen LogP contribution in [0.1, 0.15) is 27.1 Å². The Balaban J connectivity index is 2.03. The quantitative estimate of drug-likeness (QED) is 0.641. The molecule has 1 aromatic rings. The van der Waals surface area contributed by atoms with E-state index in [1.165, 1.54) is 7.05 Å². The van der Waals surface area contributed by atoms with Crippen molar-refractivity contribution in [2.24, 2.45) is 0 Å². The summed E-state index contributed by atoms with van der Waals surface area (Å²) in [4.78, 5) is 26.9. The average molecular weight is 261 g/mol.